The first-order valence-electron chi connectivity index (χ1n) is 6.80. The van der Waals surface area contributed by atoms with Crippen LogP contribution in [0, 0.1) is 5.92 Å². The summed E-state index contributed by atoms with van der Waals surface area (Å²) >= 11 is 0. The van der Waals surface area contributed by atoms with Gasteiger partial charge in [0.05, 0.1) is 0 Å². The van der Waals surface area contributed by atoms with Gasteiger partial charge in [0.25, 0.3) is 0 Å². The quantitative estimate of drug-likeness (QED) is 0.302. The zero-order valence-corrected chi connectivity index (χ0v) is 16.4. The number of isocyanates is 1. The second-order valence-corrected chi connectivity index (χ2v) is 4.77. The summed E-state index contributed by atoms with van der Waals surface area (Å²) in [4.78, 5) is 18.7. The molecule has 8 nitrogen and oxygen atoms in total. The van der Waals surface area contributed by atoms with Crippen LogP contribution in [0.25, 0.3) is 5.41 Å². The molecule has 2 saturated heterocycles. The molecule has 22 heavy (non-hydrogen) atoms. The predicted molar refractivity (Wildman–Crippen MR) is 78.0 cm³/mol. The van der Waals surface area contributed by atoms with E-state index in [9.17, 15) is 4.79 Å². The Bertz CT molecular complexity index is 289. The smallest absolute Gasteiger partial charge is 0.724 e. The third-order valence-corrected chi connectivity index (χ3v) is 3.10. The van der Waals surface area contributed by atoms with Gasteiger partial charge in [0.2, 0.25) is 5.91 Å². The van der Waals surface area contributed by atoms with Crippen LogP contribution in [0.1, 0.15) is 32.1 Å². The fraction of sp³-hybridized carbons (Fsp3) is 0.846. The Morgan fingerprint density at radius 1 is 1.09 bits per heavy atom. The SMILES string of the molecule is NC(=O)CC1CCOCC1.NC1CCOCC1.O.[K+].[N-]=C=O. The number of ether oxygens (including phenoxy) is 2. The fourth-order valence-corrected chi connectivity index (χ4v) is 1.95. The van der Waals surface area contributed by atoms with Crippen LogP contribution in [0.4, 0.5) is 0 Å². The van der Waals surface area contributed by atoms with Gasteiger partial charge in [0.1, 0.15) is 0 Å². The van der Waals surface area contributed by atoms with Crippen molar-refractivity contribution in [1.82, 2.24) is 0 Å². The minimum atomic E-state index is -0.188. The van der Waals surface area contributed by atoms with Gasteiger partial charge in [-0.2, -0.15) is 0 Å². The van der Waals surface area contributed by atoms with Crippen LogP contribution in [0.2, 0.25) is 0 Å². The molecule has 2 aliphatic rings. The normalized spacial score (nSPS) is 17.9. The number of amides is 1. The van der Waals surface area contributed by atoms with Crippen LogP contribution in [0.15, 0.2) is 0 Å². The zero-order valence-electron chi connectivity index (χ0n) is 13.3. The summed E-state index contributed by atoms with van der Waals surface area (Å²) in [6, 6.07) is 0.411. The van der Waals surface area contributed by atoms with Gasteiger partial charge in [-0.05, 0) is 37.7 Å². The Kier molecular flexibility index (Phi) is 23.9. The van der Waals surface area contributed by atoms with E-state index in [-0.39, 0.29) is 62.8 Å². The van der Waals surface area contributed by atoms with E-state index in [1.54, 1.807) is 0 Å². The van der Waals surface area contributed by atoms with Crippen molar-refractivity contribution >= 4 is 12.0 Å². The fourth-order valence-electron chi connectivity index (χ4n) is 1.95. The number of nitrogens with two attached hydrogens (primary N) is 2. The van der Waals surface area contributed by atoms with E-state index in [1.165, 1.54) is 0 Å². The van der Waals surface area contributed by atoms with Gasteiger partial charge in [-0.25, -0.2) is 0 Å². The van der Waals surface area contributed by atoms with E-state index in [0.29, 0.717) is 24.5 Å². The molecule has 0 aromatic rings. The van der Waals surface area contributed by atoms with Crippen molar-refractivity contribution in [3.05, 3.63) is 5.41 Å². The third kappa shape index (κ3) is 18.4. The van der Waals surface area contributed by atoms with Crippen molar-refractivity contribution in [2.45, 2.75) is 38.1 Å². The summed E-state index contributed by atoms with van der Waals surface area (Å²) in [6.45, 7) is 3.30. The molecule has 0 radical (unpaired) electrons. The molecule has 2 heterocycles. The number of nitrogens with zero attached hydrogens (tertiary/aromatic N) is 1. The van der Waals surface area contributed by atoms with E-state index < -0.39 is 0 Å². The first-order chi connectivity index (χ1) is 9.60. The molecule has 0 aromatic heterocycles. The van der Waals surface area contributed by atoms with Crippen molar-refractivity contribution in [1.29, 1.82) is 0 Å². The van der Waals surface area contributed by atoms with Gasteiger partial charge in [-0.15, -0.1) is 0 Å². The van der Waals surface area contributed by atoms with Crippen molar-refractivity contribution in [3.63, 3.8) is 0 Å². The molecule has 0 aromatic carbocycles. The first-order valence-corrected chi connectivity index (χ1v) is 6.80. The Morgan fingerprint density at radius 2 is 1.45 bits per heavy atom. The molecule has 2 fully saturated rings. The van der Waals surface area contributed by atoms with Gasteiger partial charge in [-0.1, -0.05) is 0 Å². The molecule has 0 bridgehead atoms. The van der Waals surface area contributed by atoms with Crippen LogP contribution in [-0.4, -0.2) is 49.9 Å². The topological polar surface area (TPSA) is 158 Å². The molecule has 6 N–H and O–H groups in total. The number of rotatable bonds is 2. The molecule has 0 unspecified atom stereocenters. The van der Waals surface area contributed by atoms with Crippen LogP contribution >= 0.6 is 0 Å². The molecule has 9 heteroatoms. The maximum atomic E-state index is 10.4. The average Bonchev–Trinajstić information content (AvgIpc) is 2.41. The number of hydrogen-bond acceptors (Lipinski definition) is 5. The second kappa shape index (κ2) is 19.4. The summed E-state index contributed by atoms with van der Waals surface area (Å²) in [5, 5.41) is 6.76. The molecule has 2 rings (SSSR count). The van der Waals surface area contributed by atoms with Gasteiger partial charge in [0, 0.05) is 38.9 Å². The van der Waals surface area contributed by atoms with Crippen molar-refractivity contribution in [2.75, 3.05) is 26.4 Å². The first kappa shape index (κ1) is 27.2. The zero-order chi connectivity index (χ0) is 15.2. The number of hydrogen-bond donors (Lipinski definition) is 2. The van der Waals surface area contributed by atoms with E-state index in [4.69, 9.17) is 31.1 Å². The molecule has 0 atom stereocenters. The van der Waals surface area contributed by atoms with Gasteiger partial charge >= 0.3 is 51.4 Å². The van der Waals surface area contributed by atoms with Crippen LogP contribution in [0.5, 0.6) is 0 Å². The van der Waals surface area contributed by atoms with Crippen LogP contribution < -0.4 is 62.9 Å². The second-order valence-electron chi connectivity index (χ2n) is 4.77. The number of carbonyl (C=O) groups is 1. The van der Waals surface area contributed by atoms with E-state index in [0.717, 1.165) is 52.1 Å². The minimum Gasteiger partial charge on any atom is -0.724 e. The molecule has 124 valence electrons. The summed E-state index contributed by atoms with van der Waals surface area (Å²) in [5.41, 5.74) is 10.6. The number of primary amides is 1. The minimum absolute atomic E-state index is 0. The van der Waals surface area contributed by atoms with Crippen LogP contribution in [-0.2, 0) is 19.1 Å². The number of carbonyl (C=O) groups excluding carboxylic acids is 2. The van der Waals surface area contributed by atoms with E-state index in [2.05, 4.69) is 0 Å². The summed E-state index contributed by atoms with van der Waals surface area (Å²) in [6.07, 6.45) is 5.09. The van der Waals surface area contributed by atoms with Gasteiger partial charge in [-0.3, -0.25) is 9.59 Å². The summed E-state index contributed by atoms with van der Waals surface area (Å²) < 4.78 is 10.2. The standard InChI is InChI=1S/C7H13NO2.C5H11NO.CNO.K.H2O/c8-7(9)5-6-1-3-10-4-2-6;6-5-1-3-7-4-2-5;2-1-3;;/h6H,1-5H2,(H2,8,9);5H,1-4,6H2;;;1H2/q;;-1;+1;. The Labute approximate surface area is 173 Å². The molecule has 0 aliphatic carbocycles. The van der Waals surface area contributed by atoms with E-state index >= 15 is 0 Å². The van der Waals surface area contributed by atoms with Crippen molar-refractivity contribution in [3.8, 4) is 0 Å². The van der Waals surface area contributed by atoms with Crippen molar-refractivity contribution in [2.24, 2.45) is 17.4 Å². The van der Waals surface area contributed by atoms with Crippen LogP contribution in [0.3, 0.4) is 0 Å². The average molecular weight is 343 g/mol. The molecule has 2 aliphatic heterocycles. The third-order valence-electron chi connectivity index (χ3n) is 3.10. The van der Waals surface area contributed by atoms with Gasteiger partial charge in [0.15, 0.2) is 0 Å². The molecule has 1 amide bonds. The summed E-state index contributed by atoms with van der Waals surface area (Å²) in [7, 11) is 0. The molecule has 0 saturated carbocycles. The predicted octanol–water partition coefficient (Wildman–Crippen LogP) is -3.52. The monoisotopic (exact) mass is 343 g/mol. The van der Waals surface area contributed by atoms with Gasteiger partial charge < -0.3 is 31.8 Å². The Hall–Kier alpha value is 0.326. The largest absolute Gasteiger partial charge is 1.00 e. The van der Waals surface area contributed by atoms with E-state index in [1.807, 2.05) is 0 Å². The Balaban J connectivity index is -0.000000267. The molecular weight excluding hydrogens is 317 g/mol. The molecule has 0 spiro atoms. The van der Waals surface area contributed by atoms with Crippen molar-refractivity contribution < 1.29 is 75.9 Å². The Morgan fingerprint density at radius 3 is 1.73 bits per heavy atom. The summed E-state index contributed by atoms with van der Waals surface area (Å²) in [5.74, 6) is 0.290. The maximum absolute atomic E-state index is 10.4. The maximum Gasteiger partial charge on any atom is 1.00 e. The molecular formula is C13H26KN3O5.